The van der Waals surface area contributed by atoms with E-state index in [2.05, 4.69) is 59.0 Å². The minimum atomic E-state index is -0.383. The number of nitrogens with one attached hydrogen (secondary N) is 1. The van der Waals surface area contributed by atoms with Crippen LogP contribution >= 0.6 is 0 Å². The third-order valence-electron chi connectivity index (χ3n) is 5.44. The second kappa shape index (κ2) is 9.25. The van der Waals surface area contributed by atoms with Gasteiger partial charge < -0.3 is 15.8 Å². The van der Waals surface area contributed by atoms with Gasteiger partial charge in [-0.3, -0.25) is 4.79 Å². The molecule has 1 aromatic carbocycles. The molecule has 28 heavy (non-hydrogen) atoms. The Bertz CT molecular complexity index is 765. The Labute approximate surface area is 165 Å². The number of hydrogen-bond donors (Lipinski definition) is 2. The molecule has 1 fully saturated rings. The van der Waals surface area contributed by atoms with Gasteiger partial charge in [0.15, 0.2) is 5.82 Å². The number of tetrazole rings is 1. The van der Waals surface area contributed by atoms with Crippen molar-refractivity contribution in [2.24, 2.45) is 5.73 Å². The smallest absolute Gasteiger partial charge is 0.327 e. The molecule has 1 aromatic heterocycles. The summed E-state index contributed by atoms with van der Waals surface area (Å²) < 4.78 is 6.29. The normalized spacial score (nSPS) is 20.9. The maximum absolute atomic E-state index is 11.8. The molecule has 0 spiro atoms. The molecule has 1 heterocycles. The van der Waals surface area contributed by atoms with Crippen LogP contribution in [0.25, 0.3) is 0 Å². The van der Waals surface area contributed by atoms with E-state index in [9.17, 15) is 4.79 Å². The maximum atomic E-state index is 11.8. The molecule has 8 nitrogen and oxygen atoms in total. The lowest BCUT2D eigenvalue weighted by Gasteiger charge is -2.30. The quantitative estimate of drug-likeness (QED) is 0.700. The number of carbonyl (C=O) groups is 1. The first kappa shape index (κ1) is 20.4. The van der Waals surface area contributed by atoms with E-state index >= 15 is 0 Å². The summed E-state index contributed by atoms with van der Waals surface area (Å²) in [6.45, 7) is 4.33. The van der Waals surface area contributed by atoms with Gasteiger partial charge in [-0.15, -0.1) is 5.10 Å². The number of nitrogens with zero attached hydrogens (tertiary/aromatic N) is 4. The molecular weight excluding hydrogens is 356 g/mol. The van der Waals surface area contributed by atoms with E-state index < -0.39 is 0 Å². The van der Waals surface area contributed by atoms with Crippen LogP contribution in [0.1, 0.15) is 68.4 Å². The molecule has 3 N–H and O–H groups in total. The molecule has 0 amide bonds. The standard InChI is InChI=1S/C20H30N6O2/c1-13(2)14-4-6-15(7-5-14)19(22-17-10-8-16(21)9-11-17)20-23-24-25-26(20)12-18(27)28-3/h4-7,13,16-17,19,22H,8-12,21H2,1-3H3. The Kier molecular flexibility index (Phi) is 6.74. The number of benzene rings is 1. The van der Waals surface area contributed by atoms with E-state index in [1.807, 2.05) is 0 Å². The van der Waals surface area contributed by atoms with Gasteiger partial charge in [-0.1, -0.05) is 38.1 Å². The summed E-state index contributed by atoms with van der Waals surface area (Å²) in [6, 6.07) is 8.90. The van der Waals surface area contributed by atoms with Crippen molar-refractivity contribution in [3.8, 4) is 0 Å². The fraction of sp³-hybridized carbons (Fsp3) is 0.600. The van der Waals surface area contributed by atoms with E-state index in [1.54, 1.807) is 0 Å². The minimum Gasteiger partial charge on any atom is -0.468 e. The van der Waals surface area contributed by atoms with Crippen molar-refractivity contribution in [3.05, 3.63) is 41.2 Å². The molecule has 3 rings (SSSR count). The summed E-state index contributed by atoms with van der Waals surface area (Å²) in [4.78, 5) is 11.8. The van der Waals surface area contributed by atoms with Gasteiger partial charge in [-0.2, -0.15) is 0 Å². The summed E-state index contributed by atoms with van der Waals surface area (Å²) in [6.07, 6.45) is 4.04. The number of ether oxygens (including phenoxy) is 1. The highest BCUT2D eigenvalue weighted by Crippen LogP contribution is 2.26. The third-order valence-corrected chi connectivity index (χ3v) is 5.44. The Morgan fingerprint density at radius 2 is 1.86 bits per heavy atom. The molecule has 0 radical (unpaired) electrons. The first-order chi connectivity index (χ1) is 13.5. The Balaban J connectivity index is 1.88. The topological polar surface area (TPSA) is 108 Å². The lowest BCUT2D eigenvalue weighted by molar-refractivity contribution is -0.141. The Hall–Kier alpha value is -2.32. The highest BCUT2D eigenvalue weighted by Gasteiger charge is 2.27. The van der Waals surface area contributed by atoms with Gasteiger partial charge in [-0.25, -0.2) is 4.68 Å². The summed E-state index contributed by atoms with van der Waals surface area (Å²) in [5.74, 6) is 0.689. The molecule has 0 aliphatic heterocycles. The maximum Gasteiger partial charge on any atom is 0.327 e. The average Bonchev–Trinajstić information content (AvgIpc) is 3.15. The van der Waals surface area contributed by atoms with Crippen LogP contribution in [0.5, 0.6) is 0 Å². The highest BCUT2D eigenvalue weighted by molar-refractivity contribution is 5.68. The van der Waals surface area contributed by atoms with Gasteiger partial charge in [0.1, 0.15) is 6.54 Å². The van der Waals surface area contributed by atoms with Crippen molar-refractivity contribution < 1.29 is 9.53 Å². The number of aromatic nitrogens is 4. The van der Waals surface area contributed by atoms with Crippen LogP contribution < -0.4 is 11.1 Å². The van der Waals surface area contributed by atoms with Gasteiger partial charge in [0.25, 0.3) is 0 Å². The lowest BCUT2D eigenvalue weighted by atomic mass is 9.90. The number of rotatable bonds is 7. The zero-order chi connectivity index (χ0) is 20.1. The molecule has 1 unspecified atom stereocenters. The van der Waals surface area contributed by atoms with Gasteiger partial charge in [0, 0.05) is 12.1 Å². The molecule has 152 valence electrons. The van der Waals surface area contributed by atoms with E-state index in [0.717, 1.165) is 31.2 Å². The summed E-state index contributed by atoms with van der Waals surface area (Å²) in [5, 5.41) is 15.7. The largest absolute Gasteiger partial charge is 0.468 e. The van der Waals surface area contributed by atoms with Crippen molar-refractivity contribution in [2.75, 3.05) is 7.11 Å². The fourth-order valence-corrected chi connectivity index (χ4v) is 3.63. The van der Waals surface area contributed by atoms with E-state index in [1.165, 1.54) is 17.4 Å². The first-order valence-electron chi connectivity index (χ1n) is 9.92. The predicted octanol–water partition coefficient (Wildman–Crippen LogP) is 1.92. The number of esters is 1. The van der Waals surface area contributed by atoms with Crippen molar-refractivity contribution in [2.45, 2.75) is 70.1 Å². The lowest BCUT2D eigenvalue weighted by Crippen LogP contribution is -2.40. The van der Waals surface area contributed by atoms with Crippen LogP contribution in [0.2, 0.25) is 0 Å². The van der Waals surface area contributed by atoms with Crippen LogP contribution in [-0.2, 0) is 16.1 Å². The molecule has 8 heteroatoms. The third kappa shape index (κ3) is 4.94. The number of carbonyl (C=O) groups excluding carboxylic acids is 1. The van der Waals surface area contributed by atoms with E-state index in [0.29, 0.717) is 17.8 Å². The molecule has 1 atom stereocenters. The van der Waals surface area contributed by atoms with Crippen molar-refractivity contribution in [3.63, 3.8) is 0 Å². The van der Waals surface area contributed by atoms with Crippen molar-refractivity contribution >= 4 is 5.97 Å². The molecular formula is C20H30N6O2. The number of hydrogen-bond acceptors (Lipinski definition) is 7. The molecule has 0 saturated heterocycles. The monoisotopic (exact) mass is 386 g/mol. The number of nitrogens with two attached hydrogens (primary N) is 1. The van der Waals surface area contributed by atoms with Crippen molar-refractivity contribution in [1.82, 2.24) is 25.5 Å². The van der Waals surface area contributed by atoms with Gasteiger partial charge in [0.05, 0.1) is 13.2 Å². The van der Waals surface area contributed by atoms with Gasteiger partial charge >= 0.3 is 5.97 Å². The Morgan fingerprint density at radius 3 is 2.46 bits per heavy atom. The fourth-order valence-electron chi connectivity index (χ4n) is 3.63. The minimum absolute atomic E-state index is 0.0172. The second-order valence-electron chi connectivity index (χ2n) is 7.80. The highest BCUT2D eigenvalue weighted by atomic mass is 16.5. The van der Waals surface area contributed by atoms with Crippen LogP contribution in [0.3, 0.4) is 0 Å². The molecule has 1 aliphatic carbocycles. The van der Waals surface area contributed by atoms with Crippen LogP contribution in [0, 0.1) is 0 Å². The Morgan fingerprint density at radius 1 is 1.21 bits per heavy atom. The molecule has 0 bridgehead atoms. The van der Waals surface area contributed by atoms with Gasteiger partial charge in [0.2, 0.25) is 0 Å². The number of methoxy groups -OCH3 is 1. The average molecular weight is 387 g/mol. The second-order valence-corrected chi connectivity index (χ2v) is 7.80. The van der Waals surface area contributed by atoms with E-state index in [4.69, 9.17) is 10.5 Å². The van der Waals surface area contributed by atoms with E-state index in [-0.39, 0.29) is 24.6 Å². The van der Waals surface area contributed by atoms with Crippen LogP contribution in [0.15, 0.2) is 24.3 Å². The molecule has 1 saturated carbocycles. The predicted molar refractivity (Wildman–Crippen MR) is 106 cm³/mol. The summed E-state index contributed by atoms with van der Waals surface area (Å²) in [5.41, 5.74) is 8.40. The SMILES string of the molecule is COC(=O)Cn1nnnc1C(NC1CCC(N)CC1)c1ccc(C(C)C)cc1. The first-order valence-corrected chi connectivity index (χ1v) is 9.92. The molecule has 1 aliphatic rings. The van der Waals surface area contributed by atoms with Gasteiger partial charge in [-0.05, 0) is 53.2 Å². The summed E-state index contributed by atoms with van der Waals surface area (Å²) in [7, 11) is 1.36. The van der Waals surface area contributed by atoms with Crippen LogP contribution in [0.4, 0.5) is 0 Å². The molecule has 2 aromatic rings. The van der Waals surface area contributed by atoms with Crippen LogP contribution in [-0.4, -0.2) is 45.4 Å². The summed E-state index contributed by atoms with van der Waals surface area (Å²) >= 11 is 0. The van der Waals surface area contributed by atoms with Crippen molar-refractivity contribution in [1.29, 1.82) is 0 Å². The zero-order valence-electron chi connectivity index (χ0n) is 16.8. The zero-order valence-corrected chi connectivity index (χ0v) is 16.8.